The second-order valence-corrected chi connectivity index (χ2v) is 11.5. The molecule has 3 aromatic rings. The number of nitrogens with one attached hydrogen (secondary N) is 4. The van der Waals surface area contributed by atoms with E-state index in [0.29, 0.717) is 29.8 Å². The van der Waals surface area contributed by atoms with E-state index < -0.39 is 41.2 Å². The molecule has 0 saturated heterocycles. The lowest BCUT2D eigenvalue weighted by molar-refractivity contribution is -0.192. The van der Waals surface area contributed by atoms with Gasteiger partial charge in [-0.25, -0.2) is 9.78 Å². The van der Waals surface area contributed by atoms with Crippen molar-refractivity contribution in [2.24, 2.45) is 5.73 Å². The first-order chi connectivity index (χ1) is 26.4. The van der Waals surface area contributed by atoms with Crippen molar-refractivity contribution in [1.29, 1.82) is 5.41 Å². The number of carbonyl (C=O) groups is 3. The zero-order chi connectivity index (χ0) is 44.7. The number of carboxylic acid groups (broad SMARTS) is 1. The fourth-order valence-corrected chi connectivity index (χ4v) is 4.02. The molecule has 0 fully saturated rings. The molecular weight excluding hydrogens is 766 g/mol. The van der Waals surface area contributed by atoms with Crippen LogP contribution in [0.15, 0.2) is 66.1 Å². The van der Waals surface area contributed by atoms with Gasteiger partial charge in [0.15, 0.2) is 5.82 Å². The van der Waals surface area contributed by atoms with Crippen LogP contribution in [-0.2, 0) is 22.7 Å². The third-order valence-corrected chi connectivity index (χ3v) is 6.63. The van der Waals surface area contributed by atoms with Gasteiger partial charge in [-0.2, -0.15) is 26.3 Å². The van der Waals surface area contributed by atoms with Gasteiger partial charge in [0.1, 0.15) is 12.4 Å². The molecule has 0 radical (unpaired) electrons. The maximum absolute atomic E-state index is 13.3. The summed E-state index contributed by atoms with van der Waals surface area (Å²) in [5.41, 5.74) is 13.1. The predicted octanol–water partition coefficient (Wildman–Crippen LogP) is 5.84. The Morgan fingerprint density at radius 2 is 1.51 bits per heavy atom. The molecule has 0 unspecified atom stereocenters. The Kier molecular flexibility index (Phi) is 23.6. The fourth-order valence-electron chi connectivity index (χ4n) is 4.02. The molecule has 318 valence electrons. The second kappa shape index (κ2) is 25.3. The number of aliphatic hydroxyl groups is 1. The number of alkyl halides is 6. The highest BCUT2D eigenvalue weighted by Gasteiger charge is 2.38. The lowest BCUT2D eigenvalue weighted by Gasteiger charge is -2.25. The minimum atomic E-state index is -5.08. The van der Waals surface area contributed by atoms with Gasteiger partial charge in [-0.05, 0) is 51.0 Å². The smallest absolute Gasteiger partial charge is 0.475 e. The van der Waals surface area contributed by atoms with Gasteiger partial charge in [-0.3, -0.25) is 24.4 Å². The standard InChI is InChI=1S/C28H36N8O4.C3H3F3.C2HF3O2.2C2H6/c1-4-32-25-27(40)36(16-23(38)33-14-17-5-7-18(8-6-17)24(30)31)22(15-34-25)19-11-20(13-21(29)12-19)26(39)35-28(2,3)9-10-37;1-2-3(4,5)6;3-2(4,5)1(6)7;2*1-2/h5-8,11-13,15,37H,4,9-10,14,16,29H2,1-3H3,(H3,30,31)(H,32,34)(H,33,38)(H,35,39);2H,1H2;(H,6,7);2*1-2H3. The first-order valence-corrected chi connectivity index (χ1v) is 17.3. The molecule has 0 saturated carbocycles. The van der Waals surface area contributed by atoms with Crippen LogP contribution in [0.2, 0.25) is 0 Å². The predicted molar refractivity (Wildman–Crippen MR) is 208 cm³/mol. The molecule has 10 N–H and O–H groups in total. The number of nitrogen functional groups attached to an aromatic ring is 2. The third kappa shape index (κ3) is 20.5. The average Bonchev–Trinajstić information content (AvgIpc) is 3.13. The lowest BCUT2D eigenvalue weighted by atomic mass is 9.99. The van der Waals surface area contributed by atoms with Crippen LogP contribution in [0.3, 0.4) is 0 Å². The summed E-state index contributed by atoms with van der Waals surface area (Å²) in [7, 11) is 0. The Labute approximate surface area is 326 Å². The number of amides is 2. The van der Waals surface area contributed by atoms with E-state index in [-0.39, 0.29) is 48.7 Å². The number of aliphatic hydroxyl groups excluding tert-OH is 1. The number of hydrogen-bond donors (Lipinski definition) is 8. The summed E-state index contributed by atoms with van der Waals surface area (Å²) < 4.78 is 65.0. The zero-order valence-electron chi connectivity index (χ0n) is 32.8. The van der Waals surface area contributed by atoms with Crippen LogP contribution in [-0.4, -0.2) is 74.4 Å². The molecule has 20 heteroatoms. The number of hydrogen-bond acceptors (Lipinski definition) is 9. The van der Waals surface area contributed by atoms with Crippen LogP contribution in [0.5, 0.6) is 0 Å². The molecule has 1 aromatic heterocycles. The minimum absolute atomic E-state index is 0.0484. The highest BCUT2D eigenvalue weighted by atomic mass is 19.4. The lowest BCUT2D eigenvalue weighted by Crippen LogP contribution is -2.44. The van der Waals surface area contributed by atoms with Gasteiger partial charge in [0.25, 0.3) is 11.5 Å². The van der Waals surface area contributed by atoms with Crippen LogP contribution in [0.1, 0.15) is 76.4 Å². The SMILES string of the molecule is C=CC(F)(F)F.CC.CC.CCNc1ncc(-c2cc(N)cc(C(=O)NC(C)(C)CCO)c2)n(CC(=O)NCc2ccc(C(=N)N)cc2)c1=O.O=C(O)C(F)(F)F. The first-order valence-electron chi connectivity index (χ1n) is 17.3. The molecule has 0 bridgehead atoms. The molecular formula is C37H52F6N8O6. The van der Waals surface area contributed by atoms with Crippen molar-refractivity contribution in [3.05, 3.63) is 88.4 Å². The fraction of sp³-hybridized carbons (Fsp3) is 0.405. The molecule has 0 aliphatic carbocycles. The summed E-state index contributed by atoms with van der Waals surface area (Å²) in [6.45, 7) is 16.2. The Hall–Kier alpha value is -5.92. The van der Waals surface area contributed by atoms with Crippen molar-refractivity contribution >= 4 is 35.1 Å². The molecule has 0 atom stereocenters. The number of anilines is 2. The van der Waals surface area contributed by atoms with Crippen LogP contribution >= 0.6 is 0 Å². The average molecular weight is 819 g/mol. The molecule has 2 amide bonds. The van der Waals surface area contributed by atoms with Gasteiger partial charge in [0, 0.05) is 53.7 Å². The van der Waals surface area contributed by atoms with Gasteiger partial charge < -0.3 is 37.6 Å². The van der Waals surface area contributed by atoms with Crippen LogP contribution in [0, 0.1) is 5.41 Å². The first kappa shape index (κ1) is 53.2. The van der Waals surface area contributed by atoms with Crippen molar-refractivity contribution in [1.82, 2.24) is 20.2 Å². The number of halogens is 6. The number of carbonyl (C=O) groups excluding carboxylic acids is 2. The maximum Gasteiger partial charge on any atom is 0.490 e. The molecule has 2 aromatic carbocycles. The van der Waals surface area contributed by atoms with Crippen molar-refractivity contribution in [3.8, 4) is 11.3 Å². The summed E-state index contributed by atoms with van der Waals surface area (Å²) in [5, 5.41) is 32.5. The molecule has 0 spiro atoms. The van der Waals surface area contributed by atoms with Gasteiger partial charge in [0.05, 0.1) is 11.9 Å². The highest BCUT2D eigenvalue weighted by Crippen LogP contribution is 2.24. The van der Waals surface area contributed by atoms with Gasteiger partial charge in [-0.15, -0.1) is 0 Å². The normalized spacial score (nSPS) is 10.6. The maximum atomic E-state index is 13.3. The molecule has 3 rings (SSSR count). The van der Waals surface area contributed by atoms with Crippen molar-refractivity contribution in [2.45, 2.75) is 85.9 Å². The van der Waals surface area contributed by atoms with E-state index in [1.165, 1.54) is 16.8 Å². The van der Waals surface area contributed by atoms with E-state index in [4.69, 9.17) is 26.8 Å². The topological polar surface area (TPSA) is 239 Å². The quantitative estimate of drug-likeness (QED) is 0.0357. The van der Waals surface area contributed by atoms with E-state index in [1.807, 2.05) is 34.6 Å². The van der Waals surface area contributed by atoms with E-state index in [2.05, 4.69) is 27.5 Å². The number of rotatable bonds is 12. The van der Waals surface area contributed by atoms with E-state index in [9.17, 15) is 45.8 Å². The largest absolute Gasteiger partial charge is 0.490 e. The summed E-state index contributed by atoms with van der Waals surface area (Å²) >= 11 is 0. The molecule has 14 nitrogen and oxygen atoms in total. The van der Waals surface area contributed by atoms with Crippen LogP contribution in [0.4, 0.5) is 37.8 Å². The van der Waals surface area contributed by atoms with Crippen LogP contribution < -0.4 is 33.0 Å². The number of aromatic nitrogens is 2. The number of amidine groups is 1. The summed E-state index contributed by atoms with van der Waals surface area (Å²) in [5.74, 6) is -3.53. The Morgan fingerprint density at radius 1 is 0.982 bits per heavy atom. The Morgan fingerprint density at radius 3 is 1.95 bits per heavy atom. The number of nitrogens with zero attached hydrogens (tertiary/aromatic N) is 2. The summed E-state index contributed by atoms with van der Waals surface area (Å²) in [4.78, 5) is 52.4. The summed E-state index contributed by atoms with van der Waals surface area (Å²) in [6.07, 6.45) is -7.52. The molecule has 1 heterocycles. The minimum Gasteiger partial charge on any atom is -0.475 e. The number of carboxylic acids is 1. The van der Waals surface area contributed by atoms with Crippen LogP contribution in [0.25, 0.3) is 11.3 Å². The van der Waals surface area contributed by atoms with Crippen molar-refractivity contribution < 1.29 is 50.9 Å². The highest BCUT2D eigenvalue weighted by molar-refractivity contribution is 5.97. The van der Waals surface area contributed by atoms with Gasteiger partial charge >= 0.3 is 18.3 Å². The van der Waals surface area contributed by atoms with E-state index >= 15 is 0 Å². The number of nitrogens with two attached hydrogens (primary N) is 2. The molecule has 57 heavy (non-hydrogen) atoms. The van der Waals surface area contributed by atoms with E-state index in [0.717, 1.165) is 5.56 Å². The van der Waals surface area contributed by atoms with Gasteiger partial charge in [-0.1, -0.05) is 58.5 Å². The van der Waals surface area contributed by atoms with Gasteiger partial charge in [0.2, 0.25) is 5.91 Å². The molecule has 0 aliphatic heterocycles. The van der Waals surface area contributed by atoms with Crippen molar-refractivity contribution in [3.63, 3.8) is 0 Å². The monoisotopic (exact) mass is 818 g/mol. The number of benzene rings is 2. The second-order valence-electron chi connectivity index (χ2n) is 11.5. The summed E-state index contributed by atoms with van der Waals surface area (Å²) in [6, 6.07) is 11.6. The molecule has 0 aliphatic rings. The number of allylic oxidation sites excluding steroid dienone is 1. The van der Waals surface area contributed by atoms with E-state index in [1.54, 1.807) is 50.2 Å². The zero-order valence-corrected chi connectivity index (χ0v) is 32.8. The van der Waals surface area contributed by atoms with Crippen molar-refractivity contribution in [2.75, 3.05) is 24.2 Å². The Balaban J connectivity index is 0. The number of aliphatic carboxylic acids is 1. The Bertz CT molecular complexity index is 1810. The third-order valence-electron chi connectivity index (χ3n) is 6.63.